The van der Waals surface area contributed by atoms with Crippen molar-refractivity contribution in [3.8, 4) is 11.8 Å². The van der Waals surface area contributed by atoms with Crippen molar-refractivity contribution in [2.24, 2.45) is 0 Å². The highest BCUT2D eigenvalue weighted by Gasteiger charge is 2.10. The molecule has 100 valence electrons. The molecule has 0 saturated carbocycles. The fraction of sp³-hybridized carbons (Fsp3) is 0.357. The van der Waals surface area contributed by atoms with Gasteiger partial charge in [-0.05, 0) is 50.3 Å². The number of pyridine rings is 1. The molecule has 2 N–H and O–H groups in total. The summed E-state index contributed by atoms with van der Waals surface area (Å²) in [5, 5.41) is 0. The molecule has 0 saturated heterocycles. The zero-order valence-electron chi connectivity index (χ0n) is 10.7. The van der Waals surface area contributed by atoms with Gasteiger partial charge in [0.2, 0.25) is 0 Å². The molecule has 0 spiro atoms. The highest BCUT2D eigenvalue weighted by atomic mass is 79.9. The first kappa shape index (κ1) is 14.4. The van der Waals surface area contributed by atoms with E-state index in [2.05, 4.69) is 55.6 Å². The van der Waals surface area contributed by atoms with Gasteiger partial charge in [0, 0.05) is 17.1 Å². The molecule has 3 nitrogen and oxygen atoms in total. The first-order valence-corrected chi connectivity index (χ1v) is 7.83. The van der Waals surface area contributed by atoms with Gasteiger partial charge in [0.1, 0.15) is 5.69 Å². The topological polar surface area (TPSA) is 43.3 Å². The summed E-state index contributed by atoms with van der Waals surface area (Å²) in [4.78, 5) is 4.34. The number of anilines is 1. The summed E-state index contributed by atoms with van der Waals surface area (Å²) in [7, 11) is 0. The number of hydrogen-bond acceptors (Lipinski definition) is 2. The van der Waals surface area contributed by atoms with Crippen molar-refractivity contribution in [2.45, 2.75) is 32.6 Å². The Hall–Kier alpha value is -0.990. The first-order chi connectivity index (χ1) is 9.13. The second-order valence-electron chi connectivity index (χ2n) is 4.30. The van der Waals surface area contributed by atoms with Gasteiger partial charge in [0.15, 0.2) is 11.5 Å². The highest BCUT2D eigenvalue weighted by Crippen LogP contribution is 2.25. The molecular formula is C14H15Br2N3. The molecule has 0 fully saturated rings. The van der Waals surface area contributed by atoms with Gasteiger partial charge in [-0.1, -0.05) is 25.7 Å². The van der Waals surface area contributed by atoms with Crippen molar-refractivity contribution in [3.05, 3.63) is 26.9 Å². The van der Waals surface area contributed by atoms with E-state index in [0.29, 0.717) is 5.82 Å². The van der Waals surface area contributed by atoms with E-state index in [1.807, 2.05) is 16.7 Å². The summed E-state index contributed by atoms with van der Waals surface area (Å²) < 4.78 is 3.77. The Kier molecular flexibility index (Phi) is 4.89. The lowest BCUT2D eigenvalue weighted by atomic mass is 10.2. The molecule has 0 aromatic carbocycles. The Morgan fingerprint density at radius 3 is 2.89 bits per heavy atom. The van der Waals surface area contributed by atoms with Crippen LogP contribution in [0.4, 0.5) is 5.82 Å². The van der Waals surface area contributed by atoms with Crippen LogP contribution in [0.15, 0.2) is 21.2 Å². The summed E-state index contributed by atoms with van der Waals surface area (Å²) in [5.41, 5.74) is 7.49. The molecule has 0 aliphatic rings. The van der Waals surface area contributed by atoms with Crippen LogP contribution in [0.3, 0.4) is 0 Å². The zero-order chi connectivity index (χ0) is 13.8. The summed E-state index contributed by atoms with van der Waals surface area (Å²) >= 11 is 6.94. The number of nitrogens with two attached hydrogens (primary N) is 1. The highest BCUT2D eigenvalue weighted by molar-refractivity contribution is 9.11. The lowest BCUT2D eigenvalue weighted by Crippen LogP contribution is -1.92. The van der Waals surface area contributed by atoms with E-state index in [-0.39, 0.29) is 0 Å². The maximum Gasteiger partial charge on any atom is 0.159 e. The SMILES string of the molecule is CCCCCC#Cc1c(N)nc2c(Br)cc(Br)cn12. The summed E-state index contributed by atoms with van der Waals surface area (Å²) in [5.74, 6) is 6.78. The van der Waals surface area contributed by atoms with E-state index >= 15 is 0 Å². The molecule has 19 heavy (non-hydrogen) atoms. The Morgan fingerprint density at radius 1 is 1.37 bits per heavy atom. The normalized spacial score (nSPS) is 10.5. The monoisotopic (exact) mass is 383 g/mol. The minimum Gasteiger partial charge on any atom is -0.381 e. The maximum atomic E-state index is 5.94. The molecule has 2 heterocycles. The van der Waals surface area contributed by atoms with E-state index in [0.717, 1.165) is 33.1 Å². The minimum atomic E-state index is 0.474. The van der Waals surface area contributed by atoms with E-state index in [1.165, 1.54) is 12.8 Å². The molecule has 0 atom stereocenters. The number of hydrogen-bond donors (Lipinski definition) is 1. The van der Waals surface area contributed by atoms with Crippen molar-refractivity contribution < 1.29 is 0 Å². The number of nitrogens with zero attached hydrogens (tertiary/aromatic N) is 2. The molecule has 2 aromatic rings. The lowest BCUT2D eigenvalue weighted by molar-refractivity contribution is 0.737. The van der Waals surface area contributed by atoms with Crippen LogP contribution in [0.5, 0.6) is 0 Å². The molecule has 0 aliphatic carbocycles. The quantitative estimate of drug-likeness (QED) is 0.630. The van der Waals surface area contributed by atoms with Crippen LogP contribution < -0.4 is 5.73 Å². The van der Waals surface area contributed by atoms with E-state index in [4.69, 9.17) is 5.73 Å². The van der Waals surface area contributed by atoms with Crippen LogP contribution in [0.1, 0.15) is 38.3 Å². The van der Waals surface area contributed by atoms with Gasteiger partial charge in [0.25, 0.3) is 0 Å². The van der Waals surface area contributed by atoms with E-state index in [9.17, 15) is 0 Å². The van der Waals surface area contributed by atoms with Crippen LogP contribution in [-0.2, 0) is 0 Å². The molecule has 2 rings (SSSR count). The van der Waals surface area contributed by atoms with Gasteiger partial charge in [0.05, 0.1) is 4.47 Å². The van der Waals surface area contributed by atoms with Crippen molar-refractivity contribution in [1.82, 2.24) is 9.38 Å². The van der Waals surface area contributed by atoms with Crippen LogP contribution in [0, 0.1) is 11.8 Å². The minimum absolute atomic E-state index is 0.474. The second kappa shape index (κ2) is 6.44. The molecule has 0 amide bonds. The molecule has 2 aromatic heterocycles. The smallest absolute Gasteiger partial charge is 0.159 e. The van der Waals surface area contributed by atoms with Gasteiger partial charge in [-0.25, -0.2) is 4.98 Å². The zero-order valence-corrected chi connectivity index (χ0v) is 13.9. The Labute approximate surface area is 129 Å². The van der Waals surface area contributed by atoms with Crippen LogP contribution in [0.2, 0.25) is 0 Å². The third kappa shape index (κ3) is 3.31. The summed E-state index contributed by atoms with van der Waals surface area (Å²) in [6.45, 7) is 2.19. The number of aromatic nitrogens is 2. The average Bonchev–Trinajstić information content (AvgIpc) is 2.67. The predicted octanol–water partition coefficient (Wildman–Crippen LogP) is 4.37. The molecule has 0 bridgehead atoms. The molecule has 0 aliphatic heterocycles. The van der Waals surface area contributed by atoms with Crippen molar-refractivity contribution >= 4 is 43.3 Å². The summed E-state index contributed by atoms with van der Waals surface area (Å²) in [6.07, 6.45) is 6.39. The fourth-order valence-corrected chi connectivity index (χ4v) is 3.09. The van der Waals surface area contributed by atoms with Crippen LogP contribution in [0.25, 0.3) is 5.65 Å². The van der Waals surface area contributed by atoms with E-state index in [1.54, 1.807) is 0 Å². The van der Waals surface area contributed by atoms with Crippen LogP contribution >= 0.6 is 31.9 Å². The number of rotatable bonds is 3. The summed E-state index contributed by atoms with van der Waals surface area (Å²) in [6, 6.07) is 1.94. The Balaban J connectivity index is 2.35. The van der Waals surface area contributed by atoms with E-state index < -0.39 is 0 Å². The van der Waals surface area contributed by atoms with Gasteiger partial charge >= 0.3 is 0 Å². The third-order valence-electron chi connectivity index (χ3n) is 2.78. The fourth-order valence-electron chi connectivity index (χ4n) is 1.82. The standard InChI is InChI=1S/C14H15Br2N3/c1-2-3-4-5-6-7-12-13(17)18-14-11(16)8-10(15)9-19(12)14/h8-9H,2-5,17H2,1H3. The predicted molar refractivity (Wildman–Crippen MR) is 86.0 cm³/mol. The Morgan fingerprint density at radius 2 is 2.16 bits per heavy atom. The van der Waals surface area contributed by atoms with Gasteiger partial charge in [-0.2, -0.15) is 0 Å². The second-order valence-corrected chi connectivity index (χ2v) is 6.07. The maximum absolute atomic E-state index is 5.94. The molecule has 5 heteroatoms. The van der Waals surface area contributed by atoms with Crippen molar-refractivity contribution in [2.75, 3.05) is 5.73 Å². The van der Waals surface area contributed by atoms with Crippen molar-refractivity contribution in [1.29, 1.82) is 0 Å². The van der Waals surface area contributed by atoms with Gasteiger partial charge < -0.3 is 5.73 Å². The van der Waals surface area contributed by atoms with Crippen molar-refractivity contribution in [3.63, 3.8) is 0 Å². The number of unbranched alkanes of at least 4 members (excludes halogenated alkanes) is 3. The third-order valence-corrected chi connectivity index (χ3v) is 3.80. The lowest BCUT2D eigenvalue weighted by Gasteiger charge is -1.99. The number of halogens is 2. The first-order valence-electron chi connectivity index (χ1n) is 6.25. The molecular weight excluding hydrogens is 370 g/mol. The number of imidazole rings is 1. The number of nitrogen functional groups attached to an aromatic ring is 1. The van der Waals surface area contributed by atoms with Crippen LogP contribution in [-0.4, -0.2) is 9.38 Å². The Bertz CT molecular complexity index is 650. The molecule has 0 radical (unpaired) electrons. The number of fused-ring (bicyclic) bond motifs is 1. The average molecular weight is 385 g/mol. The molecule has 0 unspecified atom stereocenters. The largest absolute Gasteiger partial charge is 0.381 e. The van der Waals surface area contributed by atoms with Gasteiger partial charge in [-0.3, -0.25) is 4.40 Å². The van der Waals surface area contributed by atoms with Gasteiger partial charge in [-0.15, -0.1) is 0 Å².